The number of methoxy groups -OCH3 is 2. The molecule has 0 spiro atoms. The number of nitrogens with zero attached hydrogens (tertiary/aromatic N) is 2. The van der Waals surface area contributed by atoms with Gasteiger partial charge >= 0.3 is 0 Å². The van der Waals surface area contributed by atoms with Crippen LogP contribution in [0.25, 0.3) is 0 Å². The second-order valence-corrected chi connectivity index (χ2v) is 4.72. The van der Waals surface area contributed by atoms with E-state index in [9.17, 15) is 0 Å². The molecule has 0 saturated heterocycles. The summed E-state index contributed by atoms with van der Waals surface area (Å²) in [7, 11) is 3.37. The monoisotopic (exact) mass is 255 g/mol. The Morgan fingerprint density at radius 3 is 2.72 bits per heavy atom. The highest BCUT2D eigenvalue weighted by atomic mass is 16.5. The van der Waals surface area contributed by atoms with Crippen LogP contribution in [0.15, 0.2) is 6.20 Å². The van der Waals surface area contributed by atoms with Crippen molar-refractivity contribution in [3.05, 3.63) is 11.9 Å². The van der Waals surface area contributed by atoms with E-state index >= 15 is 0 Å². The van der Waals surface area contributed by atoms with E-state index in [2.05, 4.69) is 18.9 Å². The third-order valence-corrected chi connectivity index (χ3v) is 2.96. The molecule has 1 rings (SSSR count). The third-order valence-electron chi connectivity index (χ3n) is 2.96. The Morgan fingerprint density at radius 1 is 1.44 bits per heavy atom. The molecule has 0 aromatic carbocycles. The normalized spacial score (nSPS) is 14.5. The second-order valence-electron chi connectivity index (χ2n) is 4.72. The van der Waals surface area contributed by atoms with Crippen molar-refractivity contribution in [2.75, 3.05) is 20.8 Å². The molecule has 0 radical (unpaired) electrons. The molecule has 5 heteroatoms. The van der Waals surface area contributed by atoms with E-state index in [1.807, 2.05) is 4.68 Å². The van der Waals surface area contributed by atoms with Crippen LogP contribution in [0.2, 0.25) is 0 Å². The second kappa shape index (κ2) is 7.38. The summed E-state index contributed by atoms with van der Waals surface area (Å²) in [5, 5.41) is 4.33. The Hall–Kier alpha value is -1.07. The molecular formula is C13H25N3O2. The fraction of sp³-hybridized carbons (Fsp3) is 0.769. The van der Waals surface area contributed by atoms with Crippen molar-refractivity contribution in [2.45, 2.75) is 39.3 Å². The van der Waals surface area contributed by atoms with Crippen LogP contribution in [-0.4, -0.2) is 30.6 Å². The van der Waals surface area contributed by atoms with Gasteiger partial charge in [0.2, 0.25) is 0 Å². The van der Waals surface area contributed by atoms with E-state index < -0.39 is 0 Å². The van der Waals surface area contributed by atoms with Crippen molar-refractivity contribution < 1.29 is 9.47 Å². The van der Waals surface area contributed by atoms with E-state index in [4.69, 9.17) is 15.2 Å². The lowest BCUT2D eigenvalue weighted by Gasteiger charge is -2.19. The molecule has 2 atom stereocenters. The average Bonchev–Trinajstić information content (AvgIpc) is 2.72. The zero-order valence-electron chi connectivity index (χ0n) is 11.8. The van der Waals surface area contributed by atoms with Crippen molar-refractivity contribution in [2.24, 2.45) is 11.7 Å². The van der Waals surface area contributed by atoms with Crippen LogP contribution in [0, 0.1) is 5.92 Å². The summed E-state index contributed by atoms with van der Waals surface area (Å²) in [6, 6.07) is -0.0702. The van der Waals surface area contributed by atoms with Crippen LogP contribution in [-0.2, 0) is 11.3 Å². The summed E-state index contributed by atoms with van der Waals surface area (Å²) in [5.74, 6) is 1.19. The smallest absolute Gasteiger partial charge is 0.161 e. The van der Waals surface area contributed by atoms with Crippen molar-refractivity contribution in [3.8, 4) is 5.75 Å². The fourth-order valence-electron chi connectivity index (χ4n) is 2.20. The van der Waals surface area contributed by atoms with Crippen molar-refractivity contribution in [1.29, 1.82) is 0 Å². The molecular weight excluding hydrogens is 230 g/mol. The lowest BCUT2D eigenvalue weighted by atomic mass is 10.0. The first-order valence-electron chi connectivity index (χ1n) is 6.48. The van der Waals surface area contributed by atoms with Crippen LogP contribution < -0.4 is 10.5 Å². The summed E-state index contributed by atoms with van der Waals surface area (Å²) in [6.07, 6.45) is 3.63. The highest BCUT2D eigenvalue weighted by Gasteiger charge is 2.20. The number of ether oxygens (including phenoxy) is 2. The van der Waals surface area contributed by atoms with Gasteiger partial charge < -0.3 is 15.2 Å². The van der Waals surface area contributed by atoms with Crippen LogP contribution in [0.3, 0.4) is 0 Å². The molecule has 1 heterocycles. The molecule has 2 unspecified atom stereocenters. The number of hydrogen-bond acceptors (Lipinski definition) is 4. The molecule has 5 nitrogen and oxygen atoms in total. The minimum Gasteiger partial charge on any atom is -0.493 e. The van der Waals surface area contributed by atoms with Crippen molar-refractivity contribution in [1.82, 2.24) is 9.78 Å². The third kappa shape index (κ3) is 3.71. The Labute approximate surface area is 109 Å². The summed E-state index contributed by atoms with van der Waals surface area (Å²) >= 11 is 0. The first kappa shape index (κ1) is 15.0. The van der Waals surface area contributed by atoms with E-state index in [1.165, 1.54) is 0 Å². The molecule has 0 aliphatic rings. The van der Waals surface area contributed by atoms with Gasteiger partial charge in [-0.25, -0.2) is 0 Å². The van der Waals surface area contributed by atoms with Crippen LogP contribution in [0.1, 0.15) is 38.4 Å². The Kier molecular flexibility index (Phi) is 6.15. The van der Waals surface area contributed by atoms with Gasteiger partial charge in [-0.2, -0.15) is 5.10 Å². The Morgan fingerprint density at radius 2 is 2.17 bits per heavy atom. The highest BCUT2D eigenvalue weighted by Crippen LogP contribution is 2.27. The average molecular weight is 255 g/mol. The van der Waals surface area contributed by atoms with Crippen LogP contribution in [0.4, 0.5) is 0 Å². The van der Waals surface area contributed by atoms with E-state index in [1.54, 1.807) is 20.4 Å². The highest BCUT2D eigenvalue weighted by molar-refractivity contribution is 5.28. The number of hydrogen-bond donors (Lipinski definition) is 1. The topological polar surface area (TPSA) is 62.3 Å². The molecule has 0 saturated carbocycles. The maximum atomic E-state index is 6.28. The summed E-state index contributed by atoms with van der Waals surface area (Å²) < 4.78 is 12.4. The standard InChI is InChI=1S/C13H25N3O2/c1-5-6-16-13(12(18-4)8-15-16)11(14)7-10(2)9-17-3/h8,10-11H,5-7,9,14H2,1-4H3. The summed E-state index contributed by atoms with van der Waals surface area (Å²) in [5.41, 5.74) is 7.27. The predicted molar refractivity (Wildman–Crippen MR) is 71.7 cm³/mol. The van der Waals surface area contributed by atoms with Crippen molar-refractivity contribution >= 4 is 0 Å². The zero-order valence-corrected chi connectivity index (χ0v) is 11.8. The van der Waals surface area contributed by atoms with Crippen molar-refractivity contribution in [3.63, 3.8) is 0 Å². The molecule has 0 bridgehead atoms. The van der Waals surface area contributed by atoms with Crippen LogP contribution in [0.5, 0.6) is 5.75 Å². The van der Waals surface area contributed by atoms with Gasteiger partial charge in [-0.15, -0.1) is 0 Å². The molecule has 0 amide bonds. The van der Waals surface area contributed by atoms with Gasteiger partial charge in [-0.1, -0.05) is 13.8 Å². The summed E-state index contributed by atoms with van der Waals surface area (Å²) in [4.78, 5) is 0. The van der Waals surface area contributed by atoms with Gasteiger partial charge in [-0.05, 0) is 18.8 Å². The molecule has 18 heavy (non-hydrogen) atoms. The van der Waals surface area contributed by atoms with Gasteiger partial charge in [0.1, 0.15) is 0 Å². The SMILES string of the molecule is CCCn1ncc(OC)c1C(N)CC(C)COC. The lowest BCUT2D eigenvalue weighted by molar-refractivity contribution is 0.151. The minimum atomic E-state index is -0.0702. The van der Waals surface area contributed by atoms with E-state index in [0.717, 1.165) is 37.4 Å². The molecule has 104 valence electrons. The summed E-state index contributed by atoms with van der Waals surface area (Å²) in [6.45, 7) is 5.84. The molecule has 0 fully saturated rings. The minimum absolute atomic E-state index is 0.0702. The zero-order chi connectivity index (χ0) is 13.5. The van der Waals surface area contributed by atoms with Gasteiger partial charge in [0.25, 0.3) is 0 Å². The Bertz CT molecular complexity index is 352. The van der Waals surface area contributed by atoms with Crippen LogP contribution >= 0.6 is 0 Å². The van der Waals surface area contributed by atoms with Gasteiger partial charge in [-0.3, -0.25) is 4.68 Å². The molecule has 0 aliphatic carbocycles. The Balaban J connectivity index is 2.81. The first-order valence-corrected chi connectivity index (χ1v) is 6.48. The van der Waals surface area contributed by atoms with Gasteiger partial charge in [0.15, 0.2) is 5.75 Å². The molecule has 2 N–H and O–H groups in total. The quantitative estimate of drug-likeness (QED) is 0.771. The fourth-order valence-corrected chi connectivity index (χ4v) is 2.20. The number of nitrogens with two attached hydrogens (primary N) is 1. The molecule has 1 aromatic heterocycles. The maximum Gasteiger partial charge on any atom is 0.161 e. The lowest BCUT2D eigenvalue weighted by Crippen LogP contribution is -2.21. The predicted octanol–water partition coefficient (Wildman–Crippen LogP) is 1.97. The molecule has 1 aromatic rings. The number of aryl methyl sites for hydroxylation is 1. The molecule has 0 aliphatic heterocycles. The maximum absolute atomic E-state index is 6.28. The van der Waals surface area contributed by atoms with Gasteiger partial charge in [0.05, 0.1) is 25.0 Å². The van der Waals surface area contributed by atoms with E-state index in [0.29, 0.717) is 5.92 Å². The number of rotatable bonds is 8. The number of aromatic nitrogens is 2. The van der Waals surface area contributed by atoms with Gasteiger partial charge in [0, 0.05) is 20.3 Å². The largest absolute Gasteiger partial charge is 0.493 e. The first-order chi connectivity index (χ1) is 8.63. The van der Waals surface area contributed by atoms with E-state index in [-0.39, 0.29) is 6.04 Å².